The highest BCUT2D eigenvalue weighted by atomic mass is 16.5. The Labute approximate surface area is 194 Å². The fraction of sp³-hybridized carbons (Fsp3) is 0.320. The number of anilines is 2. The number of methoxy groups -OCH3 is 1. The molecule has 3 aromatic rings. The average Bonchev–Trinajstić information content (AvgIpc) is 2.84. The first-order chi connectivity index (χ1) is 16.0. The lowest BCUT2D eigenvalue weighted by Gasteiger charge is -2.20. The van der Waals surface area contributed by atoms with E-state index in [0.29, 0.717) is 29.6 Å². The molecule has 0 spiro atoms. The molecule has 0 aliphatic heterocycles. The molecule has 0 unspecified atom stereocenters. The lowest BCUT2D eigenvalue weighted by Crippen LogP contribution is -2.28. The van der Waals surface area contributed by atoms with E-state index in [2.05, 4.69) is 34.0 Å². The third-order valence-electron chi connectivity index (χ3n) is 5.51. The van der Waals surface area contributed by atoms with Crippen molar-refractivity contribution in [3.05, 3.63) is 59.9 Å². The summed E-state index contributed by atoms with van der Waals surface area (Å²) in [4.78, 5) is 22.8. The van der Waals surface area contributed by atoms with Crippen LogP contribution >= 0.6 is 0 Å². The smallest absolute Gasteiger partial charge is 0.339 e. The number of aromatic nitrogens is 2. The number of nitrogens with one attached hydrogen (secondary N) is 1. The largest absolute Gasteiger partial charge is 0.497 e. The summed E-state index contributed by atoms with van der Waals surface area (Å²) in [6.45, 7) is 8.95. The molecule has 0 amide bonds. The molecular weight excluding hydrogens is 420 g/mol. The van der Waals surface area contributed by atoms with Crippen LogP contribution in [0.1, 0.15) is 29.8 Å². The molecule has 8 nitrogen and oxygen atoms in total. The molecule has 0 saturated heterocycles. The van der Waals surface area contributed by atoms with Gasteiger partial charge >= 0.3 is 5.97 Å². The van der Waals surface area contributed by atoms with E-state index in [0.717, 1.165) is 36.5 Å². The molecule has 3 rings (SSSR count). The topological polar surface area (TPSA) is 96.8 Å². The van der Waals surface area contributed by atoms with Crippen LogP contribution in [0.4, 0.5) is 11.6 Å². The zero-order valence-corrected chi connectivity index (χ0v) is 19.5. The van der Waals surface area contributed by atoms with E-state index in [4.69, 9.17) is 9.47 Å². The van der Waals surface area contributed by atoms with Gasteiger partial charge in [-0.05, 0) is 49.8 Å². The fourth-order valence-corrected chi connectivity index (χ4v) is 3.44. The average molecular weight is 451 g/mol. The molecule has 1 aromatic heterocycles. The number of hydrogen-bond donors (Lipinski definition) is 2. The number of benzene rings is 2. The number of rotatable bonds is 11. The molecule has 174 valence electrons. The van der Waals surface area contributed by atoms with E-state index in [1.807, 2.05) is 31.2 Å². The summed E-state index contributed by atoms with van der Waals surface area (Å²) in [5.74, 6) is 0.526. The maximum Gasteiger partial charge on any atom is 0.339 e. The standard InChI is InChI=1S/C25H30N4O4/c1-5-29(6-2)13-14-33-23-17(3)22(12-11-21(23)24(30)31)28-25-26-15-19(16-27-25)18-7-9-20(32-4)10-8-18/h7-12,15-16H,5-6,13-14H2,1-4H3,(H,30,31)(H,26,27,28). The van der Waals surface area contributed by atoms with Crippen molar-refractivity contribution >= 4 is 17.6 Å². The van der Waals surface area contributed by atoms with E-state index in [1.54, 1.807) is 25.6 Å². The minimum absolute atomic E-state index is 0.133. The van der Waals surface area contributed by atoms with E-state index in [-0.39, 0.29) is 5.56 Å². The molecule has 0 aliphatic carbocycles. The Morgan fingerprint density at radius 2 is 1.70 bits per heavy atom. The number of ether oxygens (including phenoxy) is 2. The molecule has 2 aromatic carbocycles. The molecule has 0 aliphatic rings. The van der Waals surface area contributed by atoms with Crippen molar-refractivity contribution < 1.29 is 19.4 Å². The summed E-state index contributed by atoms with van der Waals surface area (Å²) in [5.41, 5.74) is 3.37. The monoisotopic (exact) mass is 450 g/mol. The van der Waals surface area contributed by atoms with Gasteiger partial charge in [0.05, 0.1) is 7.11 Å². The van der Waals surface area contributed by atoms with Gasteiger partial charge in [-0.2, -0.15) is 0 Å². The van der Waals surface area contributed by atoms with Gasteiger partial charge in [0, 0.05) is 35.8 Å². The van der Waals surface area contributed by atoms with Gasteiger partial charge < -0.3 is 24.8 Å². The minimum atomic E-state index is -1.03. The normalized spacial score (nSPS) is 10.8. The third kappa shape index (κ3) is 5.98. The van der Waals surface area contributed by atoms with Crippen LogP contribution in [0.5, 0.6) is 11.5 Å². The Morgan fingerprint density at radius 1 is 1.03 bits per heavy atom. The Kier molecular flexibility index (Phi) is 8.21. The van der Waals surface area contributed by atoms with Crippen LogP contribution in [0.25, 0.3) is 11.1 Å². The Hall–Kier alpha value is -3.65. The van der Waals surface area contributed by atoms with Crippen molar-refractivity contribution in [3.63, 3.8) is 0 Å². The second kappa shape index (κ2) is 11.3. The number of nitrogens with zero attached hydrogens (tertiary/aromatic N) is 3. The van der Waals surface area contributed by atoms with Gasteiger partial charge in [-0.1, -0.05) is 26.0 Å². The minimum Gasteiger partial charge on any atom is -0.497 e. The molecule has 1 heterocycles. The number of carboxylic acids is 1. The Balaban J connectivity index is 1.77. The van der Waals surface area contributed by atoms with E-state index >= 15 is 0 Å². The van der Waals surface area contributed by atoms with Crippen LogP contribution in [0.3, 0.4) is 0 Å². The molecule has 0 bridgehead atoms. The van der Waals surface area contributed by atoms with E-state index in [9.17, 15) is 9.90 Å². The van der Waals surface area contributed by atoms with Crippen LogP contribution in [0.2, 0.25) is 0 Å². The molecule has 0 saturated carbocycles. The van der Waals surface area contributed by atoms with Gasteiger partial charge in [0.1, 0.15) is 23.7 Å². The SMILES string of the molecule is CCN(CC)CCOc1c(C(=O)O)ccc(Nc2ncc(-c3ccc(OC)cc3)cn2)c1C. The Morgan fingerprint density at radius 3 is 2.27 bits per heavy atom. The van der Waals surface area contributed by atoms with Crippen molar-refractivity contribution in [2.75, 3.05) is 38.7 Å². The summed E-state index contributed by atoms with van der Waals surface area (Å²) in [6, 6.07) is 10.9. The summed E-state index contributed by atoms with van der Waals surface area (Å²) >= 11 is 0. The lowest BCUT2D eigenvalue weighted by atomic mass is 10.1. The maximum atomic E-state index is 11.7. The van der Waals surface area contributed by atoms with Gasteiger partial charge in [0.15, 0.2) is 0 Å². The number of carboxylic acid groups (broad SMARTS) is 1. The number of aromatic carboxylic acids is 1. The molecule has 0 radical (unpaired) electrons. The van der Waals surface area contributed by atoms with E-state index < -0.39 is 5.97 Å². The highest BCUT2D eigenvalue weighted by Gasteiger charge is 2.17. The first kappa shape index (κ1) is 24.0. The van der Waals surface area contributed by atoms with Crippen LogP contribution in [0.15, 0.2) is 48.8 Å². The van der Waals surface area contributed by atoms with Gasteiger partial charge in [0.25, 0.3) is 0 Å². The molecule has 8 heteroatoms. The zero-order valence-electron chi connectivity index (χ0n) is 19.5. The highest BCUT2D eigenvalue weighted by Crippen LogP contribution is 2.32. The second-order valence-electron chi connectivity index (χ2n) is 7.44. The predicted molar refractivity (Wildman–Crippen MR) is 129 cm³/mol. The summed E-state index contributed by atoms with van der Waals surface area (Å²) < 4.78 is 11.1. The summed E-state index contributed by atoms with van der Waals surface area (Å²) in [7, 11) is 1.63. The second-order valence-corrected chi connectivity index (χ2v) is 7.44. The number of hydrogen-bond acceptors (Lipinski definition) is 7. The number of carbonyl (C=O) groups is 1. The zero-order chi connectivity index (χ0) is 23.8. The van der Waals surface area contributed by atoms with Crippen LogP contribution in [-0.2, 0) is 0 Å². The van der Waals surface area contributed by atoms with Crippen molar-refractivity contribution in [3.8, 4) is 22.6 Å². The molecule has 2 N–H and O–H groups in total. The Bertz CT molecular complexity index is 1070. The van der Waals surface area contributed by atoms with Crippen LogP contribution in [0, 0.1) is 6.92 Å². The predicted octanol–water partition coefficient (Wildman–Crippen LogP) is 4.62. The van der Waals surface area contributed by atoms with Crippen LogP contribution in [-0.4, -0.2) is 59.3 Å². The number of likely N-dealkylation sites (N-methyl/N-ethyl adjacent to an activating group) is 1. The van der Waals surface area contributed by atoms with Gasteiger partial charge in [-0.25, -0.2) is 14.8 Å². The first-order valence-electron chi connectivity index (χ1n) is 10.9. The molecule has 0 atom stereocenters. The molecule has 0 fully saturated rings. The van der Waals surface area contributed by atoms with Crippen molar-refractivity contribution in [1.82, 2.24) is 14.9 Å². The molecule has 33 heavy (non-hydrogen) atoms. The lowest BCUT2D eigenvalue weighted by molar-refractivity contribution is 0.0691. The van der Waals surface area contributed by atoms with Crippen molar-refractivity contribution in [2.24, 2.45) is 0 Å². The first-order valence-corrected chi connectivity index (χ1v) is 10.9. The van der Waals surface area contributed by atoms with Gasteiger partial charge in [0.2, 0.25) is 5.95 Å². The molecular formula is C25H30N4O4. The fourth-order valence-electron chi connectivity index (χ4n) is 3.44. The maximum absolute atomic E-state index is 11.7. The third-order valence-corrected chi connectivity index (χ3v) is 5.51. The quantitative estimate of drug-likeness (QED) is 0.437. The van der Waals surface area contributed by atoms with Crippen molar-refractivity contribution in [2.45, 2.75) is 20.8 Å². The van der Waals surface area contributed by atoms with E-state index in [1.165, 1.54) is 6.07 Å². The van der Waals surface area contributed by atoms with Gasteiger partial charge in [-0.3, -0.25) is 0 Å². The van der Waals surface area contributed by atoms with Crippen molar-refractivity contribution in [1.29, 1.82) is 0 Å². The summed E-state index contributed by atoms with van der Waals surface area (Å²) in [6.07, 6.45) is 3.47. The van der Waals surface area contributed by atoms with Crippen LogP contribution < -0.4 is 14.8 Å². The summed E-state index contributed by atoms with van der Waals surface area (Å²) in [5, 5.41) is 12.8. The van der Waals surface area contributed by atoms with Gasteiger partial charge in [-0.15, -0.1) is 0 Å². The highest BCUT2D eigenvalue weighted by molar-refractivity contribution is 5.92.